The standard InChI is InChI=1S/C14H13F3N2/c1-19-11-6-7-13(18)12(8-11)9-2-4-10(5-3-9)14(15,16)17/h2-8,19H,18H2,1H3. The Labute approximate surface area is 109 Å². The molecule has 2 aromatic rings. The SMILES string of the molecule is CNc1ccc(N)c(-c2ccc(C(F)(F)F)cc2)c1. The van der Waals surface area contributed by atoms with Crippen molar-refractivity contribution in [1.82, 2.24) is 0 Å². The number of hydrogen-bond acceptors (Lipinski definition) is 2. The minimum atomic E-state index is -4.32. The van der Waals surface area contributed by atoms with Gasteiger partial charge in [-0.1, -0.05) is 12.1 Å². The van der Waals surface area contributed by atoms with E-state index in [1.165, 1.54) is 12.1 Å². The number of halogens is 3. The van der Waals surface area contributed by atoms with Gasteiger partial charge in [-0.05, 0) is 35.9 Å². The smallest absolute Gasteiger partial charge is 0.398 e. The first kappa shape index (κ1) is 13.3. The van der Waals surface area contributed by atoms with E-state index >= 15 is 0 Å². The number of anilines is 2. The first-order chi connectivity index (χ1) is 8.91. The van der Waals surface area contributed by atoms with Crippen LogP contribution in [0.4, 0.5) is 24.5 Å². The molecule has 0 aliphatic heterocycles. The lowest BCUT2D eigenvalue weighted by atomic mass is 10.0. The topological polar surface area (TPSA) is 38.0 Å². The third kappa shape index (κ3) is 2.81. The van der Waals surface area contributed by atoms with Gasteiger partial charge in [-0.3, -0.25) is 0 Å². The predicted molar refractivity (Wildman–Crippen MR) is 70.8 cm³/mol. The maximum Gasteiger partial charge on any atom is 0.416 e. The maximum absolute atomic E-state index is 12.5. The van der Waals surface area contributed by atoms with Gasteiger partial charge in [-0.15, -0.1) is 0 Å². The quantitative estimate of drug-likeness (QED) is 0.806. The fourth-order valence-corrected chi connectivity index (χ4v) is 1.80. The van der Waals surface area contributed by atoms with Crippen molar-refractivity contribution in [2.45, 2.75) is 6.18 Å². The maximum atomic E-state index is 12.5. The summed E-state index contributed by atoms with van der Waals surface area (Å²) in [5.41, 5.74) is 7.92. The van der Waals surface area contributed by atoms with Crippen LogP contribution in [0.1, 0.15) is 5.56 Å². The molecule has 19 heavy (non-hydrogen) atoms. The molecule has 0 saturated carbocycles. The molecule has 2 nitrogen and oxygen atoms in total. The molecule has 0 amide bonds. The van der Waals surface area contributed by atoms with Crippen LogP contribution >= 0.6 is 0 Å². The van der Waals surface area contributed by atoms with Crippen molar-refractivity contribution in [1.29, 1.82) is 0 Å². The summed E-state index contributed by atoms with van der Waals surface area (Å²) < 4.78 is 37.5. The molecule has 0 spiro atoms. The highest BCUT2D eigenvalue weighted by Crippen LogP contribution is 2.33. The van der Waals surface area contributed by atoms with Gasteiger partial charge in [0.2, 0.25) is 0 Å². The molecule has 5 heteroatoms. The summed E-state index contributed by atoms with van der Waals surface area (Å²) in [6.07, 6.45) is -4.32. The average Bonchev–Trinajstić information content (AvgIpc) is 2.38. The Morgan fingerprint density at radius 2 is 1.63 bits per heavy atom. The van der Waals surface area contributed by atoms with Gasteiger partial charge in [0.25, 0.3) is 0 Å². The molecule has 0 unspecified atom stereocenters. The van der Waals surface area contributed by atoms with Gasteiger partial charge in [-0.25, -0.2) is 0 Å². The molecule has 0 bridgehead atoms. The minimum Gasteiger partial charge on any atom is -0.398 e. The number of nitrogens with two attached hydrogens (primary N) is 1. The van der Waals surface area contributed by atoms with Gasteiger partial charge in [-0.2, -0.15) is 13.2 Å². The summed E-state index contributed by atoms with van der Waals surface area (Å²) in [5, 5.41) is 2.96. The van der Waals surface area contributed by atoms with Crippen LogP contribution in [0.15, 0.2) is 42.5 Å². The third-order valence-electron chi connectivity index (χ3n) is 2.87. The summed E-state index contributed by atoms with van der Waals surface area (Å²) in [6.45, 7) is 0. The highest BCUT2D eigenvalue weighted by atomic mass is 19.4. The zero-order valence-electron chi connectivity index (χ0n) is 10.3. The molecule has 0 aliphatic rings. The summed E-state index contributed by atoms with van der Waals surface area (Å²) in [6, 6.07) is 10.3. The molecule has 2 rings (SSSR count). The lowest BCUT2D eigenvalue weighted by Gasteiger charge is -2.11. The second-order valence-electron chi connectivity index (χ2n) is 4.13. The van der Waals surface area contributed by atoms with Crippen molar-refractivity contribution >= 4 is 11.4 Å². The molecule has 3 N–H and O–H groups in total. The molecular weight excluding hydrogens is 253 g/mol. The molecule has 100 valence electrons. The lowest BCUT2D eigenvalue weighted by Crippen LogP contribution is -2.04. The molecule has 0 aliphatic carbocycles. The fourth-order valence-electron chi connectivity index (χ4n) is 1.80. The summed E-state index contributed by atoms with van der Waals surface area (Å²) in [7, 11) is 1.77. The fraction of sp³-hybridized carbons (Fsp3) is 0.143. The molecular formula is C14H13F3N2. The van der Waals surface area contributed by atoms with Crippen molar-refractivity contribution in [3.8, 4) is 11.1 Å². The Balaban J connectivity index is 2.42. The van der Waals surface area contributed by atoms with E-state index in [-0.39, 0.29) is 0 Å². The van der Waals surface area contributed by atoms with Crippen molar-refractivity contribution < 1.29 is 13.2 Å². The van der Waals surface area contributed by atoms with Crippen LogP contribution in [0, 0.1) is 0 Å². The number of alkyl halides is 3. The molecule has 0 saturated heterocycles. The number of rotatable bonds is 2. The first-order valence-corrected chi connectivity index (χ1v) is 5.67. The van der Waals surface area contributed by atoms with Crippen molar-refractivity contribution in [2.24, 2.45) is 0 Å². The Morgan fingerprint density at radius 1 is 1.00 bits per heavy atom. The molecule has 0 aromatic heterocycles. The molecule has 0 radical (unpaired) electrons. The Hall–Kier alpha value is -2.17. The second-order valence-corrected chi connectivity index (χ2v) is 4.13. The van der Waals surface area contributed by atoms with E-state index in [0.29, 0.717) is 16.8 Å². The lowest BCUT2D eigenvalue weighted by molar-refractivity contribution is -0.137. The van der Waals surface area contributed by atoms with Gasteiger partial charge in [0.15, 0.2) is 0 Å². The van der Waals surface area contributed by atoms with Crippen LogP contribution in [0.2, 0.25) is 0 Å². The van der Waals surface area contributed by atoms with Crippen molar-refractivity contribution in [3.05, 3.63) is 48.0 Å². The van der Waals surface area contributed by atoms with Crippen molar-refractivity contribution in [2.75, 3.05) is 18.1 Å². The van der Waals surface area contributed by atoms with E-state index in [0.717, 1.165) is 17.8 Å². The van der Waals surface area contributed by atoms with Crippen LogP contribution < -0.4 is 11.1 Å². The van der Waals surface area contributed by atoms with Crippen LogP contribution in [-0.4, -0.2) is 7.05 Å². The van der Waals surface area contributed by atoms with E-state index in [4.69, 9.17) is 5.73 Å². The summed E-state index contributed by atoms with van der Waals surface area (Å²) in [5.74, 6) is 0. The Bertz CT molecular complexity index is 574. The van der Waals surface area contributed by atoms with E-state index in [9.17, 15) is 13.2 Å². The number of nitrogens with one attached hydrogen (secondary N) is 1. The monoisotopic (exact) mass is 266 g/mol. The Kier molecular flexibility index (Phi) is 3.38. The third-order valence-corrected chi connectivity index (χ3v) is 2.87. The zero-order chi connectivity index (χ0) is 14.0. The molecule has 2 aromatic carbocycles. The van der Waals surface area contributed by atoms with Crippen LogP contribution in [0.25, 0.3) is 11.1 Å². The van der Waals surface area contributed by atoms with Gasteiger partial charge < -0.3 is 11.1 Å². The normalized spacial score (nSPS) is 11.4. The van der Waals surface area contributed by atoms with Gasteiger partial charge >= 0.3 is 6.18 Å². The largest absolute Gasteiger partial charge is 0.416 e. The minimum absolute atomic E-state index is 0.527. The molecule has 0 heterocycles. The van der Waals surface area contributed by atoms with E-state index in [1.807, 2.05) is 6.07 Å². The predicted octanol–water partition coefficient (Wildman–Crippen LogP) is 4.00. The van der Waals surface area contributed by atoms with Crippen LogP contribution in [-0.2, 0) is 6.18 Å². The molecule has 0 fully saturated rings. The Morgan fingerprint density at radius 3 is 2.16 bits per heavy atom. The highest BCUT2D eigenvalue weighted by Gasteiger charge is 2.29. The first-order valence-electron chi connectivity index (χ1n) is 5.67. The number of nitrogen functional groups attached to an aromatic ring is 1. The second kappa shape index (κ2) is 4.84. The van der Waals surface area contributed by atoms with E-state index in [2.05, 4.69) is 5.32 Å². The van der Waals surface area contributed by atoms with Gasteiger partial charge in [0.05, 0.1) is 5.56 Å². The van der Waals surface area contributed by atoms with E-state index < -0.39 is 11.7 Å². The highest BCUT2D eigenvalue weighted by molar-refractivity contribution is 5.79. The van der Waals surface area contributed by atoms with Crippen molar-refractivity contribution in [3.63, 3.8) is 0 Å². The van der Waals surface area contributed by atoms with Gasteiger partial charge in [0.1, 0.15) is 0 Å². The average molecular weight is 266 g/mol. The number of benzene rings is 2. The van der Waals surface area contributed by atoms with Gasteiger partial charge in [0, 0.05) is 24.0 Å². The molecule has 0 atom stereocenters. The zero-order valence-corrected chi connectivity index (χ0v) is 10.3. The van der Waals surface area contributed by atoms with Crippen LogP contribution in [0.5, 0.6) is 0 Å². The van der Waals surface area contributed by atoms with Crippen LogP contribution in [0.3, 0.4) is 0 Å². The summed E-state index contributed by atoms with van der Waals surface area (Å²) in [4.78, 5) is 0. The summed E-state index contributed by atoms with van der Waals surface area (Å²) >= 11 is 0. The van der Waals surface area contributed by atoms with E-state index in [1.54, 1.807) is 19.2 Å². The number of hydrogen-bond donors (Lipinski definition) is 2.